The molecule has 0 spiro atoms. The van der Waals surface area contributed by atoms with E-state index in [4.69, 9.17) is 9.47 Å². The van der Waals surface area contributed by atoms with Crippen LogP contribution in [0.5, 0.6) is 11.5 Å². The number of likely N-dealkylation sites (tertiary alicyclic amines) is 1. The number of amides is 3. The number of carbonyl (C=O) groups excluding carboxylic acids is 3. The largest absolute Gasteiger partial charge is 0.492 e. The summed E-state index contributed by atoms with van der Waals surface area (Å²) in [4.78, 5) is 38.0. The molecule has 168 valence electrons. The first-order chi connectivity index (χ1) is 15.6. The van der Waals surface area contributed by atoms with Gasteiger partial charge in [-0.25, -0.2) is 5.43 Å². The average molecular weight is 438 g/mol. The molecule has 0 saturated carbocycles. The fraction of sp³-hybridized carbons (Fsp3) is 0.304. The molecular formula is C23H26N4O5. The minimum atomic E-state index is -0.920. The quantitative estimate of drug-likeness (QED) is 0.373. The van der Waals surface area contributed by atoms with Crippen molar-refractivity contribution >= 4 is 29.6 Å². The molecule has 1 fully saturated rings. The maximum atomic E-state index is 12.1. The number of ether oxygens (including phenoxy) is 2. The Kier molecular flexibility index (Phi) is 8.19. The summed E-state index contributed by atoms with van der Waals surface area (Å²) < 4.78 is 11.0. The second kappa shape index (κ2) is 11.5. The number of benzene rings is 2. The SMILES string of the molecule is CCOc1ccccc1NC(=O)C(=O)N/N=C\c1cccc(OCC(=O)N2CCCC2)c1. The van der Waals surface area contributed by atoms with Gasteiger partial charge in [-0.2, -0.15) is 5.10 Å². The zero-order valence-electron chi connectivity index (χ0n) is 17.9. The van der Waals surface area contributed by atoms with Crippen LogP contribution in [0.25, 0.3) is 0 Å². The Bertz CT molecular complexity index is 986. The van der Waals surface area contributed by atoms with Crippen molar-refractivity contribution in [1.82, 2.24) is 10.3 Å². The standard InChI is InChI=1S/C23H26N4O5/c1-2-31-20-11-4-3-10-19(20)25-22(29)23(30)26-24-15-17-8-7-9-18(14-17)32-16-21(28)27-12-5-6-13-27/h3-4,7-11,14-15H,2,5-6,12-13,16H2,1H3,(H,25,29)(H,26,30)/b24-15-. The van der Waals surface area contributed by atoms with E-state index in [9.17, 15) is 14.4 Å². The predicted molar refractivity (Wildman–Crippen MR) is 120 cm³/mol. The third kappa shape index (κ3) is 6.56. The molecule has 9 heteroatoms. The van der Waals surface area contributed by atoms with Gasteiger partial charge in [0.2, 0.25) is 0 Å². The van der Waals surface area contributed by atoms with Gasteiger partial charge in [0.15, 0.2) is 6.61 Å². The van der Waals surface area contributed by atoms with Crippen LogP contribution in [-0.2, 0) is 14.4 Å². The van der Waals surface area contributed by atoms with E-state index in [-0.39, 0.29) is 12.5 Å². The number of anilines is 1. The first kappa shape index (κ1) is 22.8. The van der Waals surface area contributed by atoms with Gasteiger partial charge in [-0.1, -0.05) is 24.3 Å². The highest BCUT2D eigenvalue weighted by atomic mass is 16.5. The zero-order chi connectivity index (χ0) is 22.8. The van der Waals surface area contributed by atoms with Crippen LogP contribution in [0.4, 0.5) is 5.69 Å². The third-order valence-corrected chi connectivity index (χ3v) is 4.70. The minimum absolute atomic E-state index is 0.0271. The molecule has 1 saturated heterocycles. The van der Waals surface area contributed by atoms with Crippen molar-refractivity contribution < 1.29 is 23.9 Å². The topological polar surface area (TPSA) is 109 Å². The van der Waals surface area contributed by atoms with Gasteiger partial charge in [-0.15, -0.1) is 0 Å². The van der Waals surface area contributed by atoms with Gasteiger partial charge in [-0.05, 0) is 49.6 Å². The van der Waals surface area contributed by atoms with Crippen LogP contribution in [0.3, 0.4) is 0 Å². The van der Waals surface area contributed by atoms with Gasteiger partial charge >= 0.3 is 11.8 Å². The molecule has 0 atom stereocenters. The third-order valence-electron chi connectivity index (χ3n) is 4.70. The van der Waals surface area contributed by atoms with E-state index in [1.807, 2.05) is 6.92 Å². The van der Waals surface area contributed by atoms with E-state index in [1.54, 1.807) is 53.4 Å². The van der Waals surface area contributed by atoms with Crippen LogP contribution in [-0.4, -0.2) is 55.1 Å². The number of hydrogen-bond donors (Lipinski definition) is 2. The summed E-state index contributed by atoms with van der Waals surface area (Å²) >= 11 is 0. The zero-order valence-corrected chi connectivity index (χ0v) is 17.9. The minimum Gasteiger partial charge on any atom is -0.492 e. The molecule has 0 bridgehead atoms. The van der Waals surface area contributed by atoms with Gasteiger partial charge in [0.05, 0.1) is 18.5 Å². The molecule has 0 radical (unpaired) electrons. The normalized spacial score (nSPS) is 13.1. The fourth-order valence-electron chi connectivity index (χ4n) is 3.13. The van der Waals surface area contributed by atoms with Gasteiger partial charge < -0.3 is 19.7 Å². The number of nitrogens with zero attached hydrogens (tertiary/aromatic N) is 2. The lowest BCUT2D eigenvalue weighted by atomic mass is 10.2. The second-order valence-corrected chi connectivity index (χ2v) is 7.03. The Hall–Kier alpha value is -3.88. The van der Waals surface area contributed by atoms with Crippen molar-refractivity contribution in [2.24, 2.45) is 5.10 Å². The van der Waals surface area contributed by atoms with Crippen LogP contribution in [0.1, 0.15) is 25.3 Å². The summed E-state index contributed by atoms with van der Waals surface area (Å²) in [5.41, 5.74) is 3.22. The molecule has 0 aromatic heterocycles. The number of nitrogens with one attached hydrogen (secondary N) is 2. The van der Waals surface area contributed by atoms with Crippen molar-refractivity contribution in [2.45, 2.75) is 19.8 Å². The van der Waals surface area contributed by atoms with E-state index in [2.05, 4.69) is 15.8 Å². The molecule has 2 N–H and O–H groups in total. The first-order valence-corrected chi connectivity index (χ1v) is 10.4. The molecular weight excluding hydrogens is 412 g/mol. The molecule has 0 unspecified atom stereocenters. The second-order valence-electron chi connectivity index (χ2n) is 7.03. The van der Waals surface area contributed by atoms with E-state index in [0.29, 0.717) is 29.4 Å². The molecule has 3 amide bonds. The van der Waals surface area contributed by atoms with Gasteiger partial charge in [0.1, 0.15) is 11.5 Å². The molecule has 1 aliphatic heterocycles. The van der Waals surface area contributed by atoms with Crippen LogP contribution in [0.15, 0.2) is 53.6 Å². The summed E-state index contributed by atoms with van der Waals surface area (Å²) in [6.07, 6.45) is 3.44. The highest BCUT2D eigenvalue weighted by molar-refractivity contribution is 6.39. The Balaban J connectivity index is 1.49. The van der Waals surface area contributed by atoms with E-state index in [0.717, 1.165) is 25.9 Å². The molecule has 1 heterocycles. The van der Waals surface area contributed by atoms with E-state index in [1.165, 1.54) is 6.21 Å². The van der Waals surface area contributed by atoms with Crippen molar-refractivity contribution in [3.63, 3.8) is 0 Å². The Labute approximate surface area is 186 Å². The summed E-state index contributed by atoms with van der Waals surface area (Å²) in [6.45, 7) is 3.78. The number of rotatable bonds is 8. The predicted octanol–water partition coefficient (Wildman–Crippen LogP) is 2.18. The maximum absolute atomic E-state index is 12.1. The monoisotopic (exact) mass is 438 g/mol. The number of para-hydroxylation sites is 2. The Morgan fingerprint density at radius 1 is 1.03 bits per heavy atom. The smallest absolute Gasteiger partial charge is 0.329 e. The van der Waals surface area contributed by atoms with Crippen LogP contribution in [0.2, 0.25) is 0 Å². The van der Waals surface area contributed by atoms with Crippen LogP contribution >= 0.6 is 0 Å². The lowest BCUT2D eigenvalue weighted by molar-refractivity contribution is -0.136. The van der Waals surface area contributed by atoms with Crippen molar-refractivity contribution in [2.75, 3.05) is 31.6 Å². The number of carbonyl (C=O) groups is 3. The lowest BCUT2D eigenvalue weighted by Gasteiger charge is -2.15. The molecule has 2 aromatic carbocycles. The molecule has 0 aliphatic carbocycles. The Morgan fingerprint density at radius 2 is 1.81 bits per heavy atom. The van der Waals surface area contributed by atoms with E-state index < -0.39 is 11.8 Å². The summed E-state index contributed by atoms with van der Waals surface area (Å²) in [7, 11) is 0. The van der Waals surface area contributed by atoms with Crippen molar-refractivity contribution in [3.05, 3.63) is 54.1 Å². The van der Waals surface area contributed by atoms with Gasteiger partial charge in [0.25, 0.3) is 5.91 Å². The van der Waals surface area contributed by atoms with Crippen molar-refractivity contribution in [3.8, 4) is 11.5 Å². The number of hydrogen-bond acceptors (Lipinski definition) is 6. The molecule has 32 heavy (non-hydrogen) atoms. The highest BCUT2D eigenvalue weighted by Gasteiger charge is 2.18. The van der Waals surface area contributed by atoms with Crippen molar-refractivity contribution in [1.29, 1.82) is 0 Å². The first-order valence-electron chi connectivity index (χ1n) is 10.4. The van der Waals surface area contributed by atoms with Crippen LogP contribution in [0, 0.1) is 0 Å². The molecule has 3 rings (SSSR count). The number of hydrazone groups is 1. The van der Waals surface area contributed by atoms with Gasteiger partial charge in [-0.3, -0.25) is 14.4 Å². The van der Waals surface area contributed by atoms with E-state index >= 15 is 0 Å². The Morgan fingerprint density at radius 3 is 2.59 bits per heavy atom. The summed E-state index contributed by atoms with van der Waals surface area (Å²) in [5, 5.41) is 6.31. The molecule has 9 nitrogen and oxygen atoms in total. The summed E-state index contributed by atoms with van der Waals surface area (Å²) in [5.74, 6) is -0.841. The van der Waals surface area contributed by atoms with Crippen LogP contribution < -0.4 is 20.2 Å². The average Bonchev–Trinajstić information content (AvgIpc) is 3.34. The molecule has 2 aromatic rings. The van der Waals surface area contributed by atoms with Gasteiger partial charge in [0, 0.05) is 13.1 Å². The maximum Gasteiger partial charge on any atom is 0.329 e. The lowest BCUT2D eigenvalue weighted by Crippen LogP contribution is -2.32. The highest BCUT2D eigenvalue weighted by Crippen LogP contribution is 2.23. The summed E-state index contributed by atoms with van der Waals surface area (Å²) in [6, 6.07) is 13.7. The fourth-order valence-corrected chi connectivity index (χ4v) is 3.13. The molecule has 1 aliphatic rings.